The Morgan fingerprint density at radius 1 is 1.20 bits per heavy atom. The fourth-order valence-electron chi connectivity index (χ4n) is 2.51. The number of nitrogens with two attached hydrogens (primary N) is 2. The molecule has 130 valence electrons. The van der Waals surface area contributed by atoms with Crippen LogP contribution in [0.25, 0.3) is 16.7 Å². The van der Waals surface area contributed by atoms with Gasteiger partial charge < -0.3 is 16.2 Å². The van der Waals surface area contributed by atoms with Crippen molar-refractivity contribution in [2.24, 2.45) is 11.5 Å². The molecule has 1 aromatic carbocycles. The van der Waals surface area contributed by atoms with Gasteiger partial charge in [0.2, 0.25) is 0 Å². The molecule has 0 saturated heterocycles. The number of hydrogen-bond acceptors (Lipinski definition) is 4. The van der Waals surface area contributed by atoms with Crippen molar-refractivity contribution in [3.8, 4) is 11.6 Å². The molecule has 1 amide bonds. The van der Waals surface area contributed by atoms with E-state index in [0.717, 1.165) is 6.07 Å². The number of carbonyl (C=O) groups excluding carboxylic acids is 1. The maximum Gasteiger partial charge on any atom is 0.573 e. The highest BCUT2D eigenvalue weighted by Gasteiger charge is 2.31. The molecule has 0 fully saturated rings. The predicted molar refractivity (Wildman–Crippen MR) is 84.2 cm³/mol. The van der Waals surface area contributed by atoms with Crippen LogP contribution in [0.5, 0.6) is 5.75 Å². The molecule has 0 radical (unpaired) electrons. The van der Waals surface area contributed by atoms with E-state index in [0.29, 0.717) is 22.4 Å². The molecule has 3 rings (SSSR count). The summed E-state index contributed by atoms with van der Waals surface area (Å²) in [7, 11) is 0. The Hall–Kier alpha value is -3.07. The molecule has 3 aromatic rings. The van der Waals surface area contributed by atoms with Gasteiger partial charge in [0, 0.05) is 18.0 Å². The van der Waals surface area contributed by atoms with Crippen molar-refractivity contribution in [2.45, 2.75) is 12.9 Å². The number of halogens is 3. The number of nitrogens with zero attached hydrogens (tertiary/aromatic N) is 2. The Morgan fingerprint density at radius 3 is 2.60 bits per heavy atom. The lowest BCUT2D eigenvalue weighted by atomic mass is 10.2. The van der Waals surface area contributed by atoms with E-state index in [1.807, 2.05) is 0 Å². The third kappa shape index (κ3) is 3.41. The number of carbonyl (C=O) groups is 1. The molecule has 0 aliphatic heterocycles. The van der Waals surface area contributed by atoms with E-state index >= 15 is 0 Å². The number of hydrogen-bond donors (Lipinski definition) is 2. The van der Waals surface area contributed by atoms with Gasteiger partial charge in [0.25, 0.3) is 5.91 Å². The lowest BCUT2D eigenvalue weighted by molar-refractivity contribution is -0.274. The van der Waals surface area contributed by atoms with Gasteiger partial charge in [-0.1, -0.05) is 6.07 Å². The zero-order valence-corrected chi connectivity index (χ0v) is 12.7. The fraction of sp³-hybridized carbons (Fsp3) is 0.125. The monoisotopic (exact) mass is 350 g/mol. The summed E-state index contributed by atoms with van der Waals surface area (Å²) in [5.41, 5.74) is 11.9. The molecule has 6 nitrogen and oxygen atoms in total. The smallest absolute Gasteiger partial charge is 0.406 e. The Labute approximate surface area is 139 Å². The number of ether oxygens (including phenoxy) is 1. The molecule has 0 aliphatic carbocycles. The van der Waals surface area contributed by atoms with Crippen LogP contribution in [0.2, 0.25) is 0 Å². The third-order valence-corrected chi connectivity index (χ3v) is 3.49. The van der Waals surface area contributed by atoms with Crippen molar-refractivity contribution in [1.82, 2.24) is 9.55 Å². The van der Waals surface area contributed by atoms with E-state index in [-0.39, 0.29) is 12.2 Å². The molecule has 0 bridgehead atoms. The molecule has 0 spiro atoms. The Kier molecular flexibility index (Phi) is 4.09. The zero-order valence-electron chi connectivity index (χ0n) is 12.7. The van der Waals surface area contributed by atoms with Gasteiger partial charge >= 0.3 is 6.36 Å². The van der Waals surface area contributed by atoms with Crippen molar-refractivity contribution >= 4 is 16.8 Å². The number of benzene rings is 1. The standard InChI is InChI=1S/C16H13F3N4O2/c17-16(18,19)25-11-5-4-9-6-13(15(21)24)23(12(9)7-11)14-3-1-2-10(8-20)22-14/h1-7H,8,20H2,(H2,21,24). The molecule has 0 atom stereocenters. The van der Waals surface area contributed by atoms with E-state index in [1.54, 1.807) is 18.2 Å². The topological polar surface area (TPSA) is 96.2 Å². The Balaban J connectivity index is 2.24. The lowest BCUT2D eigenvalue weighted by Crippen LogP contribution is -2.18. The Morgan fingerprint density at radius 2 is 1.96 bits per heavy atom. The number of alkyl halides is 3. The number of rotatable bonds is 4. The minimum atomic E-state index is -4.82. The molecule has 0 aliphatic rings. The van der Waals surface area contributed by atoms with Crippen molar-refractivity contribution in [3.63, 3.8) is 0 Å². The average molecular weight is 350 g/mol. The normalized spacial score (nSPS) is 11.7. The summed E-state index contributed by atoms with van der Waals surface area (Å²) in [5, 5.41) is 0.517. The van der Waals surface area contributed by atoms with Crippen molar-refractivity contribution < 1.29 is 22.7 Å². The van der Waals surface area contributed by atoms with Crippen molar-refractivity contribution in [1.29, 1.82) is 0 Å². The number of primary amides is 1. The zero-order chi connectivity index (χ0) is 18.2. The average Bonchev–Trinajstić information content (AvgIpc) is 2.92. The second kappa shape index (κ2) is 6.10. The summed E-state index contributed by atoms with van der Waals surface area (Å²) in [6.07, 6.45) is -4.82. The number of fused-ring (bicyclic) bond motifs is 1. The van der Waals surface area contributed by atoms with Gasteiger partial charge in [-0.3, -0.25) is 9.36 Å². The Bertz CT molecular complexity index is 950. The predicted octanol–water partition coefficient (Wildman–Crippen LogP) is 2.48. The second-order valence-electron chi connectivity index (χ2n) is 5.19. The highest BCUT2D eigenvalue weighted by atomic mass is 19.4. The summed E-state index contributed by atoms with van der Waals surface area (Å²) in [6, 6.07) is 10.2. The van der Waals surface area contributed by atoms with Crippen LogP contribution in [-0.2, 0) is 6.54 Å². The van der Waals surface area contributed by atoms with Gasteiger partial charge in [-0.05, 0) is 30.3 Å². The first-order valence-electron chi connectivity index (χ1n) is 7.16. The van der Waals surface area contributed by atoms with Gasteiger partial charge in [-0.15, -0.1) is 13.2 Å². The number of amides is 1. The number of aromatic nitrogens is 2. The van der Waals surface area contributed by atoms with Crippen molar-refractivity contribution in [3.05, 3.63) is 53.9 Å². The molecule has 2 heterocycles. The van der Waals surface area contributed by atoms with Gasteiger partial charge in [0.1, 0.15) is 17.3 Å². The van der Waals surface area contributed by atoms with Crippen LogP contribution in [-0.4, -0.2) is 21.8 Å². The molecule has 0 unspecified atom stereocenters. The van der Waals surface area contributed by atoms with E-state index in [9.17, 15) is 18.0 Å². The molecular formula is C16H13F3N4O2. The van der Waals surface area contributed by atoms with Crippen molar-refractivity contribution in [2.75, 3.05) is 0 Å². The fourth-order valence-corrected chi connectivity index (χ4v) is 2.51. The quantitative estimate of drug-likeness (QED) is 0.755. The third-order valence-electron chi connectivity index (χ3n) is 3.49. The van der Waals surface area contributed by atoms with Crippen LogP contribution in [0.3, 0.4) is 0 Å². The summed E-state index contributed by atoms with van der Waals surface area (Å²) in [6.45, 7) is 0.168. The lowest BCUT2D eigenvalue weighted by Gasteiger charge is -2.11. The maximum absolute atomic E-state index is 12.5. The second-order valence-corrected chi connectivity index (χ2v) is 5.19. The van der Waals surface area contributed by atoms with Crippen LogP contribution in [0.15, 0.2) is 42.5 Å². The summed E-state index contributed by atoms with van der Waals surface area (Å²) < 4.78 is 42.7. The van der Waals surface area contributed by atoms with Crippen LogP contribution in [0.1, 0.15) is 16.2 Å². The van der Waals surface area contributed by atoms with Crippen LogP contribution in [0, 0.1) is 0 Å². The highest BCUT2D eigenvalue weighted by molar-refractivity contribution is 5.99. The summed E-state index contributed by atoms with van der Waals surface area (Å²) >= 11 is 0. The molecule has 25 heavy (non-hydrogen) atoms. The minimum Gasteiger partial charge on any atom is -0.406 e. The molecule has 4 N–H and O–H groups in total. The SMILES string of the molecule is NCc1cccc(-n2c(C(N)=O)cc3ccc(OC(F)(F)F)cc32)n1. The first-order valence-corrected chi connectivity index (χ1v) is 7.16. The molecule has 9 heteroatoms. The van der Waals surface area contributed by atoms with E-state index in [1.165, 1.54) is 22.8 Å². The van der Waals surface area contributed by atoms with Crippen LogP contribution >= 0.6 is 0 Å². The maximum atomic E-state index is 12.5. The molecule has 0 saturated carbocycles. The first-order chi connectivity index (χ1) is 11.8. The molecular weight excluding hydrogens is 337 g/mol. The van der Waals surface area contributed by atoms with E-state index in [4.69, 9.17) is 11.5 Å². The first kappa shape index (κ1) is 16.8. The minimum absolute atomic E-state index is 0.0841. The summed E-state index contributed by atoms with van der Waals surface area (Å²) in [4.78, 5) is 16.1. The van der Waals surface area contributed by atoms with Gasteiger partial charge in [0.05, 0.1) is 11.2 Å². The van der Waals surface area contributed by atoms with Gasteiger partial charge in [0.15, 0.2) is 0 Å². The summed E-state index contributed by atoms with van der Waals surface area (Å²) in [5.74, 6) is -0.837. The molecule has 2 aromatic heterocycles. The van der Waals surface area contributed by atoms with Crippen LogP contribution < -0.4 is 16.2 Å². The highest BCUT2D eigenvalue weighted by Crippen LogP contribution is 2.30. The van der Waals surface area contributed by atoms with Crippen LogP contribution in [0.4, 0.5) is 13.2 Å². The largest absolute Gasteiger partial charge is 0.573 e. The van der Waals surface area contributed by atoms with E-state index in [2.05, 4.69) is 9.72 Å². The van der Waals surface area contributed by atoms with Gasteiger partial charge in [-0.25, -0.2) is 4.98 Å². The van der Waals surface area contributed by atoms with E-state index < -0.39 is 18.0 Å². The number of pyridine rings is 1. The van der Waals surface area contributed by atoms with Gasteiger partial charge in [-0.2, -0.15) is 0 Å².